The van der Waals surface area contributed by atoms with Crippen LogP contribution in [-0.4, -0.2) is 11.7 Å². The van der Waals surface area contributed by atoms with Crippen LogP contribution < -0.4 is 5.32 Å². The smallest absolute Gasteiger partial charge is 0.0917 e. The summed E-state index contributed by atoms with van der Waals surface area (Å²) in [4.78, 5) is 1.26. The lowest BCUT2D eigenvalue weighted by molar-refractivity contribution is 0.174. The van der Waals surface area contributed by atoms with Gasteiger partial charge >= 0.3 is 0 Å². The van der Waals surface area contributed by atoms with E-state index in [1.165, 1.54) is 4.88 Å². The highest BCUT2D eigenvalue weighted by Gasteiger charge is 2.09. The minimum atomic E-state index is -0.449. The van der Waals surface area contributed by atoms with Crippen molar-refractivity contribution in [2.75, 3.05) is 6.54 Å². The molecule has 0 amide bonds. The molecular weight excluding hydrogens is 310 g/mol. The Morgan fingerprint density at radius 3 is 2.72 bits per heavy atom. The number of nitrogens with one attached hydrogen (secondary N) is 1. The highest BCUT2D eigenvalue weighted by molar-refractivity contribution is 9.11. The summed E-state index contributed by atoms with van der Waals surface area (Å²) in [5, 5.41) is 13.4. The quantitative estimate of drug-likeness (QED) is 0.879. The number of hydrogen-bond acceptors (Lipinski definition) is 3. The van der Waals surface area contributed by atoms with Crippen LogP contribution in [-0.2, 0) is 6.54 Å². The van der Waals surface area contributed by atoms with Gasteiger partial charge in [-0.05, 0) is 46.1 Å². The third kappa shape index (κ3) is 3.65. The Kier molecular flexibility index (Phi) is 4.95. The van der Waals surface area contributed by atoms with Crippen molar-refractivity contribution >= 4 is 27.3 Å². The molecule has 1 atom stereocenters. The van der Waals surface area contributed by atoms with E-state index in [1.54, 1.807) is 11.3 Å². The predicted octanol–water partition coefficient (Wildman–Crippen LogP) is 3.64. The van der Waals surface area contributed by atoms with E-state index in [1.807, 2.05) is 37.3 Å². The lowest BCUT2D eigenvalue weighted by Crippen LogP contribution is -2.21. The fourth-order valence-electron chi connectivity index (χ4n) is 1.85. The van der Waals surface area contributed by atoms with E-state index >= 15 is 0 Å². The predicted molar refractivity (Wildman–Crippen MR) is 79.9 cm³/mol. The average molecular weight is 326 g/mol. The van der Waals surface area contributed by atoms with E-state index in [-0.39, 0.29) is 0 Å². The van der Waals surface area contributed by atoms with Crippen LogP contribution in [0.1, 0.15) is 22.1 Å². The van der Waals surface area contributed by atoms with Crippen LogP contribution in [0, 0.1) is 6.92 Å². The van der Waals surface area contributed by atoms with Gasteiger partial charge in [-0.1, -0.05) is 24.3 Å². The summed E-state index contributed by atoms with van der Waals surface area (Å²) in [6.07, 6.45) is -0.449. The first kappa shape index (κ1) is 13.7. The maximum atomic E-state index is 10.1. The van der Waals surface area contributed by atoms with Gasteiger partial charge in [0.1, 0.15) is 0 Å². The van der Waals surface area contributed by atoms with Crippen molar-refractivity contribution < 1.29 is 5.11 Å². The van der Waals surface area contributed by atoms with Crippen molar-refractivity contribution in [3.05, 3.63) is 56.2 Å². The molecule has 2 aromatic rings. The Morgan fingerprint density at radius 2 is 2.06 bits per heavy atom. The summed E-state index contributed by atoms with van der Waals surface area (Å²) in [6.45, 7) is 3.38. The molecule has 2 nitrogen and oxygen atoms in total. The van der Waals surface area contributed by atoms with E-state index < -0.39 is 6.10 Å². The highest BCUT2D eigenvalue weighted by Crippen LogP contribution is 2.22. The first-order valence-electron chi connectivity index (χ1n) is 5.85. The van der Waals surface area contributed by atoms with Crippen molar-refractivity contribution in [3.63, 3.8) is 0 Å². The number of thiophene rings is 1. The molecule has 2 N–H and O–H groups in total. The molecule has 0 bridgehead atoms. The van der Waals surface area contributed by atoms with E-state index in [0.29, 0.717) is 6.54 Å². The van der Waals surface area contributed by atoms with Gasteiger partial charge < -0.3 is 10.4 Å². The second-order valence-corrected chi connectivity index (χ2v) is 6.76. The maximum absolute atomic E-state index is 10.1. The van der Waals surface area contributed by atoms with Crippen LogP contribution in [0.15, 0.2) is 40.2 Å². The molecule has 0 aliphatic rings. The minimum Gasteiger partial charge on any atom is -0.387 e. The summed E-state index contributed by atoms with van der Waals surface area (Å²) in [7, 11) is 0. The van der Waals surface area contributed by atoms with Crippen LogP contribution in [0.2, 0.25) is 0 Å². The molecule has 0 aliphatic carbocycles. The number of aryl methyl sites for hydroxylation is 1. The molecule has 0 aliphatic heterocycles. The zero-order valence-electron chi connectivity index (χ0n) is 10.2. The molecule has 1 aromatic carbocycles. The van der Waals surface area contributed by atoms with Crippen LogP contribution in [0.25, 0.3) is 0 Å². The fourth-order valence-corrected chi connectivity index (χ4v) is 3.30. The topological polar surface area (TPSA) is 32.3 Å². The molecule has 0 saturated heterocycles. The van der Waals surface area contributed by atoms with Crippen LogP contribution in [0.5, 0.6) is 0 Å². The number of halogens is 1. The van der Waals surface area contributed by atoms with Gasteiger partial charge in [-0.15, -0.1) is 11.3 Å². The van der Waals surface area contributed by atoms with Crippen molar-refractivity contribution in [1.82, 2.24) is 5.32 Å². The van der Waals surface area contributed by atoms with Gasteiger partial charge in [0, 0.05) is 18.0 Å². The van der Waals surface area contributed by atoms with E-state index in [9.17, 15) is 5.11 Å². The van der Waals surface area contributed by atoms with Gasteiger partial charge in [-0.25, -0.2) is 0 Å². The normalized spacial score (nSPS) is 12.6. The number of benzene rings is 1. The number of aliphatic hydroxyl groups excluding tert-OH is 1. The van der Waals surface area contributed by atoms with Crippen LogP contribution >= 0.6 is 27.3 Å². The van der Waals surface area contributed by atoms with Gasteiger partial charge in [0.2, 0.25) is 0 Å². The third-order valence-electron chi connectivity index (χ3n) is 2.81. The third-order valence-corrected chi connectivity index (χ3v) is 4.44. The molecule has 18 heavy (non-hydrogen) atoms. The molecule has 1 aromatic heterocycles. The lowest BCUT2D eigenvalue weighted by Gasteiger charge is -2.14. The van der Waals surface area contributed by atoms with Gasteiger partial charge in [-0.3, -0.25) is 0 Å². The van der Waals surface area contributed by atoms with Crippen molar-refractivity contribution in [2.45, 2.75) is 19.6 Å². The van der Waals surface area contributed by atoms with E-state index in [2.05, 4.69) is 27.3 Å². The number of rotatable bonds is 5. The van der Waals surface area contributed by atoms with E-state index in [0.717, 1.165) is 21.5 Å². The largest absolute Gasteiger partial charge is 0.387 e. The molecule has 0 radical (unpaired) electrons. The molecule has 0 fully saturated rings. The number of aliphatic hydroxyl groups is 1. The summed E-state index contributed by atoms with van der Waals surface area (Å²) in [5.41, 5.74) is 2.13. The first-order chi connectivity index (χ1) is 8.66. The molecule has 0 saturated carbocycles. The van der Waals surface area contributed by atoms with Crippen LogP contribution in [0.4, 0.5) is 0 Å². The zero-order valence-corrected chi connectivity index (χ0v) is 12.6. The summed E-state index contributed by atoms with van der Waals surface area (Å²) >= 11 is 5.15. The lowest BCUT2D eigenvalue weighted by atomic mass is 10.0. The maximum Gasteiger partial charge on any atom is 0.0917 e. The van der Waals surface area contributed by atoms with Crippen molar-refractivity contribution in [1.29, 1.82) is 0 Å². The second kappa shape index (κ2) is 6.48. The van der Waals surface area contributed by atoms with Crippen LogP contribution in [0.3, 0.4) is 0 Å². The summed E-state index contributed by atoms with van der Waals surface area (Å²) in [5.74, 6) is 0. The second-order valence-electron chi connectivity index (χ2n) is 4.21. The minimum absolute atomic E-state index is 0.449. The van der Waals surface area contributed by atoms with Crippen molar-refractivity contribution in [2.24, 2.45) is 0 Å². The first-order valence-corrected chi connectivity index (χ1v) is 7.46. The number of hydrogen-bond donors (Lipinski definition) is 2. The molecule has 0 spiro atoms. The molecule has 2 rings (SSSR count). The molecule has 96 valence electrons. The molecule has 1 heterocycles. The Bertz CT molecular complexity index is 512. The summed E-state index contributed by atoms with van der Waals surface area (Å²) < 4.78 is 1.14. The van der Waals surface area contributed by atoms with Gasteiger partial charge in [0.15, 0.2) is 0 Å². The molecular formula is C14H16BrNOS. The average Bonchev–Trinajstić information content (AvgIpc) is 2.75. The van der Waals surface area contributed by atoms with Gasteiger partial charge in [-0.2, -0.15) is 0 Å². The molecule has 1 unspecified atom stereocenters. The van der Waals surface area contributed by atoms with Crippen molar-refractivity contribution in [3.8, 4) is 0 Å². The molecule has 4 heteroatoms. The SMILES string of the molecule is Cc1ccccc1C(O)CNCc1ccc(Br)s1. The van der Waals surface area contributed by atoms with Gasteiger partial charge in [0.25, 0.3) is 0 Å². The zero-order chi connectivity index (χ0) is 13.0. The van der Waals surface area contributed by atoms with E-state index in [4.69, 9.17) is 0 Å². The highest BCUT2D eigenvalue weighted by atomic mass is 79.9. The summed E-state index contributed by atoms with van der Waals surface area (Å²) in [6, 6.07) is 12.1. The van der Waals surface area contributed by atoms with Gasteiger partial charge in [0.05, 0.1) is 9.89 Å². The standard InChI is InChI=1S/C14H16BrNOS/c1-10-4-2-3-5-12(10)13(17)9-16-8-11-6-7-14(15)18-11/h2-7,13,16-17H,8-9H2,1H3. The Morgan fingerprint density at radius 1 is 1.28 bits per heavy atom. The Hall–Kier alpha value is -0.680. The fraction of sp³-hybridized carbons (Fsp3) is 0.286. The Labute approximate surface area is 120 Å². The Balaban J connectivity index is 1.85. The monoisotopic (exact) mass is 325 g/mol.